The molecular formula is C5H11MoNO2. The molecule has 0 rings (SSSR count). The molecule has 0 spiro atoms. The van der Waals surface area contributed by atoms with Gasteiger partial charge in [-0.3, -0.25) is 4.79 Å². The summed E-state index contributed by atoms with van der Waals surface area (Å²) in [5.74, 6) is -0.910. The monoisotopic (exact) mass is 215 g/mol. The Kier molecular flexibility index (Phi) is 6.52. The van der Waals surface area contributed by atoms with Crippen molar-refractivity contribution in [3.8, 4) is 0 Å². The van der Waals surface area contributed by atoms with Crippen molar-refractivity contribution in [3.63, 3.8) is 0 Å². The van der Waals surface area contributed by atoms with E-state index < -0.39 is 12.0 Å². The molecule has 0 aliphatic heterocycles. The maximum atomic E-state index is 10.0. The van der Waals surface area contributed by atoms with Gasteiger partial charge in [-0.2, -0.15) is 0 Å². The summed E-state index contributed by atoms with van der Waals surface area (Å²) in [7, 11) is 0. The molecule has 0 fully saturated rings. The van der Waals surface area contributed by atoms with Gasteiger partial charge in [0.05, 0.1) is 0 Å². The quantitative estimate of drug-likeness (QED) is 0.637. The standard InChI is InChI=1S/C5H11NO2.Mo/c1-3(2)4(6)5(7)8;/h3-4H,6H2,1-2H3,(H,7,8);/t4-;/m0./s1. The van der Waals surface area contributed by atoms with E-state index in [-0.39, 0.29) is 27.0 Å². The fourth-order valence-corrected chi connectivity index (χ4v) is 0.285. The van der Waals surface area contributed by atoms with E-state index in [4.69, 9.17) is 10.8 Å². The molecule has 0 aromatic rings. The Hall–Kier alpha value is 0.118. The number of hydrogen-bond donors (Lipinski definition) is 2. The summed E-state index contributed by atoms with van der Waals surface area (Å²) in [6.45, 7) is 3.55. The van der Waals surface area contributed by atoms with E-state index in [2.05, 4.69) is 0 Å². The van der Waals surface area contributed by atoms with Crippen molar-refractivity contribution < 1.29 is 31.0 Å². The molecule has 54 valence electrons. The van der Waals surface area contributed by atoms with Gasteiger partial charge in [-0.05, 0) is 5.92 Å². The summed E-state index contributed by atoms with van der Waals surface area (Å²) in [4.78, 5) is 10.0. The minimum Gasteiger partial charge on any atom is -0.480 e. The molecule has 9 heavy (non-hydrogen) atoms. The molecule has 3 N–H and O–H groups in total. The maximum Gasteiger partial charge on any atom is 0.320 e. The predicted octanol–water partition coefficient (Wildman–Crippen LogP) is 0.0518. The van der Waals surface area contributed by atoms with E-state index in [1.807, 2.05) is 0 Å². The average molecular weight is 213 g/mol. The Morgan fingerprint density at radius 2 is 1.89 bits per heavy atom. The van der Waals surface area contributed by atoms with Crippen LogP contribution >= 0.6 is 0 Å². The average Bonchev–Trinajstić information content (AvgIpc) is 1.64. The van der Waals surface area contributed by atoms with Crippen LogP contribution in [0.15, 0.2) is 0 Å². The largest absolute Gasteiger partial charge is 0.480 e. The van der Waals surface area contributed by atoms with Crippen LogP contribution < -0.4 is 5.73 Å². The van der Waals surface area contributed by atoms with E-state index in [9.17, 15) is 4.79 Å². The molecule has 0 aliphatic rings. The number of rotatable bonds is 2. The minimum absolute atomic E-state index is 0. The second-order valence-corrected chi connectivity index (χ2v) is 2.11. The molecule has 1 atom stereocenters. The van der Waals surface area contributed by atoms with Gasteiger partial charge in [0.1, 0.15) is 6.04 Å². The third-order valence-electron chi connectivity index (χ3n) is 1.00. The molecule has 0 radical (unpaired) electrons. The van der Waals surface area contributed by atoms with Crippen molar-refractivity contribution in [3.05, 3.63) is 0 Å². The van der Waals surface area contributed by atoms with Gasteiger partial charge in [0, 0.05) is 21.1 Å². The van der Waals surface area contributed by atoms with Crippen LogP contribution in [0.2, 0.25) is 0 Å². The van der Waals surface area contributed by atoms with Gasteiger partial charge in [-0.25, -0.2) is 0 Å². The Labute approximate surface area is 68.9 Å². The number of nitrogens with two attached hydrogens (primary N) is 1. The second-order valence-electron chi connectivity index (χ2n) is 2.11. The number of carbonyl (C=O) groups is 1. The molecule has 0 unspecified atom stereocenters. The molecule has 0 saturated carbocycles. The van der Waals surface area contributed by atoms with Crippen molar-refractivity contribution in [2.24, 2.45) is 11.7 Å². The first-order chi connectivity index (χ1) is 3.55. The van der Waals surface area contributed by atoms with Crippen LogP contribution in [0.1, 0.15) is 13.8 Å². The fourth-order valence-electron chi connectivity index (χ4n) is 0.285. The number of hydrogen-bond acceptors (Lipinski definition) is 2. The minimum atomic E-state index is -0.931. The third-order valence-corrected chi connectivity index (χ3v) is 1.00. The normalized spacial score (nSPS) is 12.4. The summed E-state index contributed by atoms with van der Waals surface area (Å²) >= 11 is 0. The van der Waals surface area contributed by atoms with E-state index in [0.717, 1.165) is 0 Å². The molecule has 0 amide bonds. The van der Waals surface area contributed by atoms with Gasteiger partial charge in [0.25, 0.3) is 0 Å². The molecular weight excluding hydrogens is 202 g/mol. The first-order valence-corrected chi connectivity index (χ1v) is 2.54. The van der Waals surface area contributed by atoms with Crippen LogP contribution in [0.3, 0.4) is 0 Å². The maximum absolute atomic E-state index is 10.0. The first-order valence-electron chi connectivity index (χ1n) is 2.54. The molecule has 0 aromatic heterocycles. The third kappa shape index (κ3) is 4.61. The number of carboxylic acid groups (broad SMARTS) is 1. The zero-order chi connectivity index (χ0) is 6.73. The van der Waals surface area contributed by atoms with Crippen LogP contribution in [0.5, 0.6) is 0 Å². The van der Waals surface area contributed by atoms with E-state index >= 15 is 0 Å². The number of aliphatic carboxylic acids is 1. The summed E-state index contributed by atoms with van der Waals surface area (Å²) in [5.41, 5.74) is 5.16. The van der Waals surface area contributed by atoms with E-state index in [1.165, 1.54) is 0 Å². The van der Waals surface area contributed by atoms with Crippen LogP contribution in [0.25, 0.3) is 0 Å². The van der Waals surface area contributed by atoms with Crippen LogP contribution in [0, 0.1) is 5.92 Å². The summed E-state index contributed by atoms with van der Waals surface area (Å²) in [6, 6.07) is -0.713. The van der Waals surface area contributed by atoms with Crippen LogP contribution in [-0.2, 0) is 25.9 Å². The topological polar surface area (TPSA) is 63.3 Å². The number of carboxylic acids is 1. The van der Waals surface area contributed by atoms with Crippen LogP contribution in [-0.4, -0.2) is 17.1 Å². The molecule has 0 heterocycles. The Morgan fingerprint density at radius 3 is 1.89 bits per heavy atom. The zero-order valence-corrected chi connectivity index (χ0v) is 7.50. The Bertz CT molecular complexity index is 95.0. The summed E-state index contributed by atoms with van der Waals surface area (Å²) < 4.78 is 0. The van der Waals surface area contributed by atoms with E-state index in [1.54, 1.807) is 13.8 Å². The van der Waals surface area contributed by atoms with Gasteiger partial charge in [-0.15, -0.1) is 0 Å². The summed E-state index contributed by atoms with van der Waals surface area (Å²) in [5, 5.41) is 8.23. The smallest absolute Gasteiger partial charge is 0.320 e. The van der Waals surface area contributed by atoms with Gasteiger partial charge >= 0.3 is 5.97 Å². The van der Waals surface area contributed by atoms with Gasteiger partial charge in [0.2, 0.25) is 0 Å². The predicted molar refractivity (Wildman–Crippen MR) is 30.4 cm³/mol. The van der Waals surface area contributed by atoms with Crippen molar-refractivity contribution in [2.45, 2.75) is 19.9 Å². The molecule has 0 saturated heterocycles. The molecule has 0 bridgehead atoms. The first kappa shape index (κ1) is 11.9. The van der Waals surface area contributed by atoms with Crippen molar-refractivity contribution in [1.82, 2.24) is 0 Å². The molecule has 4 heteroatoms. The zero-order valence-electron chi connectivity index (χ0n) is 5.50. The molecule has 0 aliphatic carbocycles. The fraction of sp³-hybridized carbons (Fsp3) is 0.800. The van der Waals surface area contributed by atoms with Crippen molar-refractivity contribution >= 4 is 5.97 Å². The SMILES string of the molecule is CC(C)[C@H](N)C(=O)O.[Mo]. The summed E-state index contributed by atoms with van der Waals surface area (Å²) in [6.07, 6.45) is 0. The van der Waals surface area contributed by atoms with Gasteiger partial charge in [0.15, 0.2) is 0 Å². The van der Waals surface area contributed by atoms with Gasteiger partial charge in [-0.1, -0.05) is 13.8 Å². The second kappa shape index (κ2) is 4.95. The Morgan fingerprint density at radius 1 is 1.56 bits per heavy atom. The van der Waals surface area contributed by atoms with Crippen molar-refractivity contribution in [1.29, 1.82) is 0 Å². The van der Waals surface area contributed by atoms with Crippen molar-refractivity contribution in [2.75, 3.05) is 0 Å². The van der Waals surface area contributed by atoms with Gasteiger partial charge < -0.3 is 10.8 Å². The Balaban J connectivity index is 0. The van der Waals surface area contributed by atoms with E-state index in [0.29, 0.717) is 0 Å². The molecule has 0 aromatic carbocycles. The van der Waals surface area contributed by atoms with Crippen LogP contribution in [0.4, 0.5) is 0 Å². The molecule has 3 nitrogen and oxygen atoms in total.